The van der Waals surface area contributed by atoms with Crippen molar-refractivity contribution in [3.8, 4) is 0 Å². The highest BCUT2D eigenvalue weighted by Crippen LogP contribution is 2.08. The van der Waals surface area contributed by atoms with Gasteiger partial charge in [0.2, 0.25) is 0 Å². The molecule has 15 heavy (non-hydrogen) atoms. The van der Waals surface area contributed by atoms with Gasteiger partial charge in [-0.15, -0.1) is 0 Å². The van der Waals surface area contributed by atoms with Gasteiger partial charge in [0.05, 0.1) is 13.3 Å². The Morgan fingerprint density at radius 3 is 2.87 bits per heavy atom. The molecule has 0 spiro atoms. The molecule has 0 unspecified atom stereocenters. The molecule has 4 nitrogen and oxygen atoms in total. The van der Waals surface area contributed by atoms with Crippen molar-refractivity contribution in [2.45, 2.75) is 39.7 Å². The number of hydrogen-bond acceptors (Lipinski definition) is 3. The highest BCUT2D eigenvalue weighted by atomic mass is 16.5. The lowest BCUT2D eigenvalue weighted by Crippen LogP contribution is -2.11. The summed E-state index contributed by atoms with van der Waals surface area (Å²) < 4.78 is 6.61. The summed E-state index contributed by atoms with van der Waals surface area (Å²) in [5.41, 5.74) is 0.547. The molecular weight excluding hydrogens is 192 g/mol. The van der Waals surface area contributed by atoms with E-state index in [1.165, 1.54) is 13.5 Å². The Kier molecular flexibility index (Phi) is 4.34. The number of nitrogens with zero attached hydrogens (tertiary/aromatic N) is 2. The van der Waals surface area contributed by atoms with Crippen LogP contribution in [0.1, 0.15) is 42.5 Å². The third-order valence-electron chi connectivity index (χ3n) is 2.43. The monoisotopic (exact) mass is 210 g/mol. The van der Waals surface area contributed by atoms with Crippen molar-refractivity contribution in [2.24, 2.45) is 0 Å². The molecule has 1 aromatic rings. The molecule has 0 atom stereocenters. The average molecular weight is 210 g/mol. The van der Waals surface area contributed by atoms with Gasteiger partial charge in [-0.05, 0) is 13.3 Å². The van der Waals surface area contributed by atoms with Crippen LogP contribution < -0.4 is 0 Å². The number of aromatic nitrogens is 2. The fourth-order valence-corrected chi connectivity index (χ4v) is 1.54. The number of hydrogen-bond donors (Lipinski definition) is 0. The second-order valence-electron chi connectivity index (χ2n) is 3.54. The minimum Gasteiger partial charge on any atom is -0.464 e. The van der Waals surface area contributed by atoms with E-state index in [0.29, 0.717) is 5.69 Å². The van der Waals surface area contributed by atoms with Gasteiger partial charge in [0.1, 0.15) is 11.5 Å². The fourth-order valence-electron chi connectivity index (χ4n) is 1.54. The van der Waals surface area contributed by atoms with Crippen molar-refractivity contribution in [3.05, 3.63) is 17.7 Å². The van der Waals surface area contributed by atoms with Gasteiger partial charge in [-0.3, -0.25) is 0 Å². The van der Waals surface area contributed by atoms with Crippen LogP contribution in [0.2, 0.25) is 0 Å². The zero-order valence-corrected chi connectivity index (χ0v) is 9.62. The highest BCUT2D eigenvalue weighted by molar-refractivity contribution is 5.87. The predicted octanol–water partition coefficient (Wildman–Crippen LogP) is 2.17. The van der Waals surface area contributed by atoms with Crippen molar-refractivity contribution in [1.29, 1.82) is 0 Å². The van der Waals surface area contributed by atoms with Gasteiger partial charge in [0.15, 0.2) is 0 Å². The summed E-state index contributed by atoms with van der Waals surface area (Å²) in [5, 5.41) is 0. The number of carbonyl (C=O) groups excluding carboxylic acids is 1. The SMILES string of the molecule is CCCCCn1c(C(=O)OC)cnc1C. The third kappa shape index (κ3) is 2.81. The van der Waals surface area contributed by atoms with Crippen LogP contribution in [-0.2, 0) is 11.3 Å². The van der Waals surface area contributed by atoms with Gasteiger partial charge in [-0.1, -0.05) is 19.8 Å². The second kappa shape index (κ2) is 5.53. The van der Waals surface area contributed by atoms with E-state index in [-0.39, 0.29) is 5.97 Å². The molecule has 0 saturated carbocycles. The Labute approximate surface area is 90.3 Å². The molecule has 1 rings (SSSR count). The number of methoxy groups -OCH3 is 1. The summed E-state index contributed by atoms with van der Waals surface area (Å²) in [7, 11) is 1.39. The number of ether oxygens (including phenoxy) is 1. The maximum atomic E-state index is 11.4. The topological polar surface area (TPSA) is 44.1 Å². The van der Waals surface area contributed by atoms with E-state index in [0.717, 1.165) is 25.2 Å². The first-order chi connectivity index (χ1) is 7.20. The zero-order chi connectivity index (χ0) is 11.3. The van der Waals surface area contributed by atoms with E-state index in [9.17, 15) is 4.79 Å². The Bertz CT molecular complexity index is 331. The normalized spacial score (nSPS) is 10.3. The minimum atomic E-state index is -0.313. The Morgan fingerprint density at radius 1 is 1.53 bits per heavy atom. The molecule has 0 saturated heterocycles. The molecular formula is C11H18N2O2. The van der Waals surface area contributed by atoms with Crippen molar-refractivity contribution < 1.29 is 9.53 Å². The molecule has 1 heterocycles. The molecule has 0 fully saturated rings. The Balaban J connectivity index is 2.75. The van der Waals surface area contributed by atoms with Crippen LogP contribution in [0.25, 0.3) is 0 Å². The van der Waals surface area contributed by atoms with Gasteiger partial charge >= 0.3 is 5.97 Å². The maximum absolute atomic E-state index is 11.4. The molecule has 0 aliphatic heterocycles. The van der Waals surface area contributed by atoms with Crippen LogP contribution in [0.4, 0.5) is 0 Å². The zero-order valence-electron chi connectivity index (χ0n) is 9.62. The van der Waals surface area contributed by atoms with E-state index in [4.69, 9.17) is 4.74 Å². The van der Waals surface area contributed by atoms with Crippen LogP contribution in [0, 0.1) is 6.92 Å². The number of carbonyl (C=O) groups is 1. The number of aryl methyl sites for hydroxylation is 1. The van der Waals surface area contributed by atoms with E-state index >= 15 is 0 Å². The van der Waals surface area contributed by atoms with Crippen molar-refractivity contribution in [3.63, 3.8) is 0 Å². The minimum absolute atomic E-state index is 0.313. The first-order valence-electron chi connectivity index (χ1n) is 5.31. The van der Waals surface area contributed by atoms with Gasteiger partial charge in [0.25, 0.3) is 0 Å². The first-order valence-corrected chi connectivity index (χ1v) is 5.31. The van der Waals surface area contributed by atoms with Gasteiger partial charge in [-0.25, -0.2) is 9.78 Å². The van der Waals surface area contributed by atoms with Gasteiger partial charge in [0, 0.05) is 6.54 Å². The molecule has 0 amide bonds. The fraction of sp³-hybridized carbons (Fsp3) is 0.636. The Morgan fingerprint density at radius 2 is 2.27 bits per heavy atom. The van der Waals surface area contributed by atoms with E-state index in [1.54, 1.807) is 6.20 Å². The smallest absolute Gasteiger partial charge is 0.356 e. The Hall–Kier alpha value is -1.32. The lowest BCUT2D eigenvalue weighted by atomic mass is 10.2. The predicted molar refractivity (Wildman–Crippen MR) is 57.8 cm³/mol. The lowest BCUT2D eigenvalue weighted by Gasteiger charge is -2.08. The van der Waals surface area contributed by atoms with Crippen LogP contribution in [0.5, 0.6) is 0 Å². The lowest BCUT2D eigenvalue weighted by molar-refractivity contribution is 0.0588. The van der Waals surface area contributed by atoms with Gasteiger partial charge in [-0.2, -0.15) is 0 Å². The molecule has 4 heteroatoms. The summed E-state index contributed by atoms with van der Waals surface area (Å²) in [5.74, 6) is 0.554. The van der Waals surface area contributed by atoms with Crippen LogP contribution in [0.3, 0.4) is 0 Å². The number of imidazole rings is 1. The van der Waals surface area contributed by atoms with Crippen LogP contribution in [0.15, 0.2) is 6.20 Å². The summed E-state index contributed by atoms with van der Waals surface area (Å²) in [4.78, 5) is 15.5. The van der Waals surface area contributed by atoms with Crippen LogP contribution >= 0.6 is 0 Å². The van der Waals surface area contributed by atoms with Crippen molar-refractivity contribution >= 4 is 5.97 Å². The molecule has 0 radical (unpaired) electrons. The molecule has 1 aromatic heterocycles. The summed E-state index contributed by atoms with van der Waals surface area (Å²) in [6.45, 7) is 4.89. The quantitative estimate of drug-likeness (QED) is 0.552. The maximum Gasteiger partial charge on any atom is 0.356 e. The number of unbranched alkanes of at least 4 members (excludes halogenated alkanes) is 2. The first kappa shape index (κ1) is 11.8. The van der Waals surface area contributed by atoms with E-state index < -0.39 is 0 Å². The number of rotatable bonds is 5. The number of esters is 1. The summed E-state index contributed by atoms with van der Waals surface area (Å²) in [6, 6.07) is 0. The average Bonchev–Trinajstić information content (AvgIpc) is 2.60. The molecule has 84 valence electrons. The van der Waals surface area contributed by atoms with Crippen molar-refractivity contribution in [2.75, 3.05) is 7.11 Å². The largest absolute Gasteiger partial charge is 0.464 e. The highest BCUT2D eigenvalue weighted by Gasteiger charge is 2.13. The molecule has 0 aromatic carbocycles. The van der Waals surface area contributed by atoms with Gasteiger partial charge < -0.3 is 9.30 Å². The molecule has 0 bridgehead atoms. The summed E-state index contributed by atoms with van der Waals surface area (Å²) in [6.07, 6.45) is 4.98. The van der Waals surface area contributed by atoms with Crippen LogP contribution in [-0.4, -0.2) is 22.6 Å². The van der Waals surface area contributed by atoms with Crippen molar-refractivity contribution in [1.82, 2.24) is 9.55 Å². The second-order valence-corrected chi connectivity index (χ2v) is 3.54. The molecule has 0 aliphatic rings. The van der Waals surface area contributed by atoms with E-state index in [1.807, 2.05) is 11.5 Å². The standard InChI is InChI=1S/C11H18N2O2/c1-4-5-6-7-13-9(2)12-8-10(13)11(14)15-3/h8H,4-7H2,1-3H3. The molecule has 0 N–H and O–H groups in total. The molecule has 0 aliphatic carbocycles. The third-order valence-corrected chi connectivity index (χ3v) is 2.43. The summed E-state index contributed by atoms with van der Waals surface area (Å²) >= 11 is 0. The van der Waals surface area contributed by atoms with E-state index in [2.05, 4.69) is 11.9 Å².